The van der Waals surface area contributed by atoms with Crippen LogP contribution in [0, 0.1) is 5.82 Å². The molecule has 0 spiro atoms. The van der Waals surface area contributed by atoms with Gasteiger partial charge in [-0.15, -0.1) is 10.2 Å². The van der Waals surface area contributed by atoms with Crippen LogP contribution >= 0.6 is 23.4 Å². The molecule has 0 aliphatic rings. The average molecular weight is 523 g/mol. The van der Waals surface area contributed by atoms with Crippen LogP contribution in [0.15, 0.2) is 89.1 Å². The topological polar surface area (TPSA) is 84.2 Å². The zero-order chi connectivity index (χ0) is 25.5. The number of nitrogens with zero attached hydrogens (tertiary/aromatic N) is 4. The Balaban J connectivity index is 1.48. The number of hydrogen-bond acceptors (Lipinski definition) is 6. The van der Waals surface area contributed by atoms with Gasteiger partial charge in [-0.2, -0.15) is 5.10 Å². The molecule has 10 heteroatoms. The van der Waals surface area contributed by atoms with Crippen LogP contribution in [0.25, 0.3) is 5.69 Å². The van der Waals surface area contributed by atoms with Crippen LogP contribution in [0.5, 0.6) is 0 Å². The summed E-state index contributed by atoms with van der Waals surface area (Å²) in [6.45, 7) is 3.95. The first-order valence-corrected chi connectivity index (χ1v) is 12.4. The molecule has 7 nitrogen and oxygen atoms in total. The highest BCUT2D eigenvalue weighted by Crippen LogP contribution is 2.26. The van der Waals surface area contributed by atoms with Crippen molar-refractivity contribution in [3.05, 3.63) is 101 Å². The number of rotatable bonds is 9. The molecule has 1 heterocycles. The van der Waals surface area contributed by atoms with Gasteiger partial charge in [0.1, 0.15) is 5.82 Å². The predicted molar refractivity (Wildman–Crippen MR) is 142 cm³/mol. The number of anilines is 1. The Morgan fingerprint density at radius 1 is 1.06 bits per heavy atom. The number of aromatic nitrogens is 3. The number of amides is 1. The molecule has 0 aliphatic heterocycles. The second-order valence-electron chi connectivity index (χ2n) is 7.87. The van der Waals surface area contributed by atoms with Crippen molar-refractivity contribution in [3.63, 3.8) is 0 Å². The van der Waals surface area contributed by atoms with Crippen LogP contribution in [0.3, 0.4) is 0 Å². The zero-order valence-corrected chi connectivity index (χ0v) is 21.2. The molecule has 2 N–H and O–H groups in total. The van der Waals surface area contributed by atoms with Gasteiger partial charge in [0.15, 0.2) is 11.0 Å². The van der Waals surface area contributed by atoms with Crippen molar-refractivity contribution in [2.75, 3.05) is 5.32 Å². The van der Waals surface area contributed by atoms with Crippen LogP contribution in [-0.2, 0) is 11.3 Å². The minimum absolute atomic E-state index is 0.287. The lowest BCUT2D eigenvalue weighted by Gasteiger charge is -2.13. The standard InChI is InChI=1S/C26H24ClFN6OS/c1-17(19-8-12-21(28)13-9-19)30-32-25(35)18(2)36-26-33-31-24(34(26)23-6-4-3-5-7-23)16-29-22-14-10-20(27)11-15-22/h3-15,18,29H,16H2,1-2H3,(H,32,35)/b30-17+. The summed E-state index contributed by atoms with van der Waals surface area (Å²) in [4.78, 5) is 12.8. The van der Waals surface area contributed by atoms with Crippen LogP contribution < -0.4 is 10.7 Å². The lowest BCUT2D eigenvalue weighted by Crippen LogP contribution is -2.28. The molecular weight excluding hydrogens is 499 g/mol. The molecule has 3 aromatic carbocycles. The summed E-state index contributed by atoms with van der Waals surface area (Å²) in [6, 6.07) is 23.1. The van der Waals surface area contributed by atoms with Gasteiger partial charge in [-0.3, -0.25) is 9.36 Å². The molecule has 0 fully saturated rings. The van der Waals surface area contributed by atoms with E-state index in [4.69, 9.17) is 11.6 Å². The van der Waals surface area contributed by atoms with Gasteiger partial charge in [0.25, 0.3) is 5.91 Å². The largest absolute Gasteiger partial charge is 0.378 e. The third-order valence-electron chi connectivity index (χ3n) is 5.26. The molecule has 0 radical (unpaired) electrons. The summed E-state index contributed by atoms with van der Waals surface area (Å²) in [5.41, 5.74) is 5.67. The number of carbonyl (C=O) groups excluding carboxylic acids is 1. The highest BCUT2D eigenvalue weighted by Gasteiger charge is 2.21. The van der Waals surface area contributed by atoms with Gasteiger partial charge < -0.3 is 5.32 Å². The van der Waals surface area contributed by atoms with Crippen molar-refractivity contribution in [2.24, 2.45) is 5.10 Å². The first-order chi connectivity index (χ1) is 17.4. The van der Waals surface area contributed by atoms with Gasteiger partial charge in [0.05, 0.1) is 17.5 Å². The molecule has 0 saturated heterocycles. The number of carbonyl (C=O) groups is 1. The first kappa shape index (κ1) is 25.4. The van der Waals surface area contributed by atoms with Crippen LogP contribution in [0.1, 0.15) is 25.2 Å². The lowest BCUT2D eigenvalue weighted by molar-refractivity contribution is -0.120. The Bertz CT molecular complexity index is 1340. The molecule has 36 heavy (non-hydrogen) atoms. The molecule has 184 valence electrons. The number of hydrogen-bond donors (Lipinski definition) is 2. The second kappa shape index (κ2) is 11.8. The zero-order valence-electron chi connectivity index (χ0n) is 19.7. The fourth-order valence-corrected chi connectivity index (χ4v) is 4.28. The SMILES string of the molecule is C/C(=N\NC(=O)C(C)Sc1nnc(CNc2ccc(Cl)cc2)n1-c1ccccc1)c1ccc(F)cc1. The van der Waals surface area contributed by atoms with Gasteiger partial charge in [-0.1, -0.05) is 53.7 Å². The fourth-order valence-electron chi connectivity index (χ4n) is 3.27. The Labute approximate surface area is 217 Å². The van der Waals surface area contributed by atoms with E-state index >= 15 is 0 Å². The Morgan fingerprint density at radius 2 is 1.75 bits per heavy atom. The van der Waals surface area contributed by atoms with Crippen molar-refractivity contribution in [1.82, 2.24) is 20.2 Å². The number of hydrazone groups is 1. The van der Waals surface area contributed by atoms with E-state index in [2.05, 4.69) is 26.0 Å². The number of thioether (sulfide) groups is 1. The first-order valence-electron chi connectivity index (χ1n) is 11.2. The quantitative estimate of drug-likeness (QED) is 0.167. The monoisotopic (exact) mass is 522 g/mol. The maximum absolute atomic E-state index is 13.1. The normalized spacial score (nSPS) is 12.3. The summed E-state index contributed by atoms with van der Waals surface area (Å²) in [6.07, 6.45) is 0. The van der Waals surface area contributed by atoms with Gasteiger partial charge in [-0.05, 0) is 67.9 Å². The molecule has 4 rings (SSSR count). The Morgan fingerprint density at radius 3 is 2.44 bits per heavy atom. The van der Waals surface area contributed by atoms with E-state index < -0.39 is 5.25 Å². The molecule has 1 amide bonds. The number of para-hydroxylation sites is 1. The molecule has 0 aliphatic carbocycles. The molecule has 1 atom stereocenters. The van der Waals surface area contributed by atoms with Crippen LogP contribution in [0.4, 0.5) is 10.1 Å². The molecule has 0 bridgehead atoms. The summed E-state index contributed by atoms with van der Waals surface area (Å²) >= 11 is 7.26. The van der Waals surface area contributed by atoms with E-state index in [0.29, 0.717) is 28.3 Å². The van der Waals surface area contributed by atoms with Crippen molar-refractivity contribution in [1.29, 1.82) is 0 Å². The van der Waals surface area contributed by atoms with Gasteiger partial charge in [0, 0.05) is 16.4 Å². The number of benzene rings is 3. The van der Waals surface area contributed by atoms with Crippen molar-refractivity contribution < 1.29 is 9.18 Å². The van der Waals surface area contributed by atoms with Crippen LogP contribution in [0.2, 0.25) is 5.02 Å². The Hall–Kier alpha value is -3.69. The molecular formula is C26H24ClFN6OS. The van der Waals surface area contributed by atoms with E-state index in [1.165, 1.54) is 23.9 Å². The summed E-state index contributed by atoms with van der Waals surface area (Å²) in [5.74, 6) is 0.0761. The highest BCUT2D eigenvalue weighted by atomic mass is 35.5. The fraction of sp³-hybridized carbons (Fsp3) is 0.154. The van der Waals surface area contributed by atoms with Gasteiger partial charge >= 0.3 is 0 Å². The predicted octanol–water partition coefficient (Wildman–Crippen LogP) is 5.69. The minimum Gasteiger partial charge on any atom is -0.378 e. The minimum atomic E-state index is -0.501. The van der Waals surface area contributed by atoms with Crippen LogP contribution in [-0.4, -0.2) is 31.6 Å². The third-order valence-corrected chi connectivity index (χ3v) is 6.55. The number of halogens is 2. The van der Waals surface area contributed by atoms with Crippen molar-refractivity contribution >= 4 is 40.7 Å². The van der Waals surface area contributed by atoms with E-state index in [1.807, 2.05) is 59.2 Å². The van der Waals surface area contributed by atoms with E-state index in [1.54, 1.807) is 26.0 Å². The van der Waals surface area contributed by atoms with E-state index in [0.717, 1.165) is 16.9 Å². The highest BCUT2D eigenvalue weighted by molar-refractivity contribution is 8.00. The summed E-state index contributed by atoms with van der Waals surface area (Å²) < 4.78 is 15.1. The second-order valence-corrected chi connectivity index (χ2v) is 9.61. The van der Waals surface area contributed by atoms with E-state index in [9.17, 15) is 9.18 Å². The van der Waals surface area contributed by atoms with Crippen molar-refractivity contribution in [2.45, 2.75) is 30.8 Å². The third kappa shape index (κ3) is 6.50. The van der Waals surface area contributed by atoms with Gasteiger partial charge in [0.2, 0.25) is 0 Å². The molecule has 1 unspecified atom stereocenters. The average Bonchev–Trinajstić information content (AvgIpc) is 3.29. The summed E-state index contributed by atoms with van der Waals surface area (Å²) in [7, 11) is 0. The Kier molecular flexibility index (Phi) is 8.35. The maximum Gasteiger partial charge on any atom is 0.253 e. The van der Waals surface area contributed by atoms with E-state index in [-0.39, 0.29) is 11.7 Å². The molecule has 4 aromatic rings. The smallest absolute Gasteiger partial charge is 0.253 e. The molecule has 1 aromatic heterocycles. The lowest BCUT2D eigenvalue weighted by atomic mass is 10.1. The summed E-state index contributed by atoms with van der Waals surface area (Å²) in [5, 5.41) is 17.0. The van der Waals surface area contributed by atoms with Gasteiger partial charge in [-0.25, -0.2) is 9.82 Å². The number of nitrogens with one attached hydrogen (secondary N) is 2. The van der Waals surface area contributed by atoms with Crippen molar-refractivity contribution in [3.8, 4) is 5.69 Å². The molecule has 0 saturated carbocycles. The maximum atomic E-state index is 13.1.